The van der Waals surface area contributed by atoms with E-state index in [4.69, 9.17) is 26.8 Å². The number of fused-ring (bicyclic) bond motifs is 1. The van der Waals surface area contributed by atoms with Crippen LogP contribution < -0.4 is 10.5 Å². The Bertz CT molecular complexity index is 1580. The van der Waals surface area contributed by atoms with Gasteiger partial charge >= 0.3 is 0 Å². The molecule has 192 valence electrons. The summed E-state index contributed by atoms with van der Waals surface area (Å²) in [6.07, 6.45) is 0.816. The lowest BCUT2D eigenvalue weighted by Gasteiger charge is -2.32. The first-order valence-electron chi connectivity index (χ1n) is 11.3. The second kappa shape index (κ2) is 10.1. The number of rotatable bonds is 7. The van der Waals surface area contributed by atoms with E-state index in [-0.39, 0.29) is 42.3 Å². The van der Waals surface area contributed by atoms with Gasteiger partial charge in [0.05, 0.1) is 6.61 Å². The number of morpholine rings is 1. The van der Waals surface area contributed by atoms with Crippen LogP contribution >= 0.6 is 11.6 Å². The maximum atomic E-state index is 13.9. The van der Waals surface area contributed by atoms with Crippen LogP contribution in [0.2, 0.25) is 5.02 Å². The number of aromatic amines is 1. The molecule has 1 aliphatic rings. The number of hydrogen-bond donors (Lipinski definition) is 2. The summed E-state index contributed by atoms with van der Waals surface area (Å²) in [7, 11) is -4.13. The molecule has 0 saturated carbocycles. The number of benzene rings is 2. The molecule has 4 aromatic rings. The average Bonchev–Trinajstić information content (AvgIpc) is 3.28. The van der Waals surface area contributed by atoms with Crippen LogP contribution in [0.25, 0.3) is 22.0 Å². The van der Waals surface area contributed by atoms with Crippen molar-refractivity contribution in [3.8, 4) is 16.9 Å². The van der Waals surface area contributed by atoms with Gasteiger partial charge in [-0.2, -0.15) is 8.70 Å². The molecule has 1 saturated heterocycles. The number of carbonyl (C=O) groups is 1. The maximum Gasteiger partial charge on any atom is 0.266 e. The van der Waals surface area contributed by atoms with Crippen molar-refractivity contribution in [3.63, 3.8) is 0 Å². The van der Waals surface area contributed by atoms with Crippen LogP contribution in [0.15, 0.2) is 65.7 Å². The molecule has 0 radical (unpaired) electrons. The predicted molar refractivity (Wildman–Crippen MR) is 135 cm³/mol. The van der Waals surface area contributed by atoms with Crippen molar-refractivity contribution in [2.45, 2.75) is 11.0 Å². The van der Waals surface area contributed by atoms with Gasteiger partial charge in [-0.3, -0.25) is 4.79 Å². The Morgan fingerprint density at radius 1 is 1.24 bits per heavy atom. The number of carbonyl (C=O) groups excluding carboxylic acids is 1. The summed E-state index contributed by atoms with van der Waals surface area (Å²) in [5.74, 6) is -0.947. The molecule has 1 unspecified atom stereocenters. The van der Waals surface area contributed by atoms with Crippen LogP contribution in [0, 0.1) is 5.95 Å². The third-order valence-electron chi connectivity index (χ3n) is 6.02. The quantitative estimate of drug-likeness (QED) is 0.342. The Kier molecular flexibility index (Phi) is 6.86. The van der Waals surface area contributed by atoms with Gasteiger partial charge in [-0.1, -0.05) is 23.7 Å². The van der Waals surface area contributed by atoms with Gasteiger partial charge in [0, 0.05) is 40.8 Å². The summed E-state index contributed by atoms with van der Waals surface area (Å²) in [6.45, 7) is 0.318. The summed E-state index contributed by atoms with van der Waals surface area (Å²) >= 11 is 6.09. The van der Waals surface area contributed by atoms with Gasteiger partial charge in [0.2, 0.25) is 16.0 Å². The Morgan fingerprint density at radius 3 is 2.76 bits per heavy atom. The Balaban J connectivity index is 1.32. The molecule has 1 aliphatic heterocycles. The molecule has 0 bridgehead atoms. The van der Waals surface area contributed by atoms with Crippen molar-refractivity contribution >= 4 is 38.4 Å². The largest absolute Gasteiger partial charge is 0.491 e. The molecular formula is C25H22ClFN4O5S. The molecular weight excluding hydrogens is 523 g/mol. The van der Waals surface area contributed by atoms with E-state index in [1.54, 1.807) is 48.5 Å². The molecule has 0 aliphatic carbocycles. The molecule has 1 fully saturated rings. The number of sulfonamides is 1. The van der Waals surface area contributed by atoms with Crippen molar-refractivity contribution in [1.29, 1.82) is 0 Å². The highest BCUT2D eigenvalue weighted by Gasteiger charge is 2.36. The molecule has 9 nitrogen and oxygen atoms in total. The van der Waals surface area contributed by atoms with E-state index in [1.807, 2.05) is 0 Å². The zero-order valence-corrected chi connectivity index (χ0v) is 20.9. The van der Waals surface area contributed by atoms with Crippen LogP contribution in [0.4, 0.5) is 4.39 Å². The lowest BCUT2D eigenvalue weighted by molar-refractivity contribution is -0.0249. The Morgan fingerprint density at radius 2 is 2.03 bits per heavy atom. The van der Waals surface area contributed by atoms with Crippen molar-refractivity contribution < 1.29 is 27.1 Å². The highest BCUT2D eigenvalue weighted by atomic mass is 35.5. The SMILES string of the molecule is NC(=O)c1[nH]c2ccc(Cl)cc2c1S(=O)(=O)N1CCOC(COc2ccc(-c3cccnc3F)cc2)C1. The van der Waals surface area contributed by atoms with Gasteiger partial charge in [0.1, 0.15) is 29.0 Å². The number of nitrogens with zero attached hydrogens (tertiary/aromatic N) is 2. The molecule has 2 aromatic heterocycles. The summed E-state index contributed by atoms with van der Waals surface area (Å²) in [5.41, 5.74) is 6.73. The van der Waals surface area contributed by atoms with Crippen molar-refractivity contribution in [1.82, 2.24) is 14.3 Å². The lowest BCUT2D eigenvalue weighted by atomic mass is 10.1. The van der Waals surface area contributed by atoms with Crippen LogP contribution in [0.5, 0.6) is 5.75 Å². The zero-order valence-electron chi connectivity index (χ0n) is 19.4. The summed E-state index contributed by atoms with van der Waals surface area (Å²) in [5, 5.41) is 0.607. The molecule has 12 heteroatoms. The average molecular weight is 545 g/mol. The third-order valence-corrected chi connectivity index (χ3v) is 8.21. The fourth-order valence-electron chi connectivity index (χ4n) is 4.24. The molecule has 0 spiro atoms. The molecule has 37 heavy (non-hydrogen) atoms. The lowest BCUT2D eigenvalue weighted by Crippen LogP contribution is -2.47. The van der Waals surface area contributed by atoms with E-state index in [2.05, 4.69) is 9.97 Å². The standard InChI is InChI=1S/C25H22ClFN4O5S/c26-16-5-8-21-20(12-16)23(22(30-21)25(28)32)37(33,34)31-10-11-35-18(13-31)14-36-17-6-3-15(4-7-17)19-2-1-9-29-24(19)27/h1-9,12,18,30H,10-11,13-14H2,(H2,28,32). The first kappa shape index (κ1) is 25.2. The normalized spacial score (nSPS) is 16.6. The first-order valence-corrected chi connectivity index (χ1v) is 13.1. The molecule has 2 aromatic carbocycles. The minimum absolute atomic E-state index is 0.00670. The van der Waals surface area contributed by atoms with Gasteiger partial charge in [0.25, 0.3) is 5.91 Å². The molecule has 3 N–H and O–H groups in total. The van der Waals surface area contributed by atoms with Crippen LogP contribution in [0.1, 0.15) is 10.5 Å². The number of amides is 1. The van der Waals surface area contributed by atoms with Gasteiger partial charge in [-0.15, -0.1) is 0 Å². The van der Waals surface area contributed by atoms with Crippen molar-refractivity contribution in [3.05, 3.63) is 77.5 Å². The van der Waals surface area contributed by atoms with E-state index < -0.39 is 28.0 Å². The number of ether oxygens (including phenoxy) is 2. The maximum absolute atomic E-state index is 13.9. The Hall–Kier alpha value is -3.51. The molecule has 3 heterocycles. The summed E-state index contributed by atoms with van der Waals surface area (Å²) in [6, 6.07) is 14.7. The summed E-state index contributed by atoms with van der Waals surface area (Å²) < 4.78 is 54.0. The number of H-pyrrole nitrogens is 1. The third kappa shape index (κ3) is 5.03. The van der Waals surface area contributed by atoms with Gasteiger partial charge in [-0.25, -0.2) is 13.4 Å². The number of pyridine rings is 1. The number of nitrogens with one attached hydrogen (secondary N) is 1. The minimum atomic E-state index is -4.13. The molecule has 5 rings (SSSR count). The van der Waals surface area contributed by atoms with Gasteiger partial charge in [0.15, 0.2) is 0 Å². The van der Waals surface area contributed by atoms with Gasteiger partial charge < -0.3 is 20.2 Å². The highest BCUT2D eigenvalue weighted by molar-refractivity contribution is 7.89. The van der Waals surface area contributed by atoms with E-state index >= 15 is 0 Å². The monoisotopic (exact) mass is 544 g/mol. The number of halogens is 2. The fraction of sp³-hybridized carbons (Fsp3) is 0.200. The van der Waals surface area contributed by atoms with Crippen molar-refractivity contribution in [2.75, 3.05) is 26.3 Å². The Labute approximate surface area is 217 Å². The molecule has 1 atom stereocenters. The minimum Gasteiger partial charge on any atom is -0.491 e. The van der Waals surface area contributed by atoms with Crippen molar-refractivity contribution in [2.24, 2.45) is 5.73 Å². The summed E-state index contributed by atoms with van der Waals surface area (Å²) in [4.78, 5) is 18.3. The predicted octanol–water partition coefficient (Wildman–Crippen LogP) is 3.59. The van der Waals surface area contributed by atoms with Crippen LogP contribution in [0.3, 0.4) is 0 Å². The van der Waals surface area contributed by atoms with Gasteiger partial charge in [-0.05, 0) is 48.0 Å². The number of nitrogens with two attached hydrogens (primary N) is 1. The fourth-order valence-corrected chi connectivity index (χ4v) is 6.21. The van der Waals surface area contributed by atoms with E-state index in [9.17, 15) is 17.6 Å². The second-order valence-corrected chi connectivity index (χ2v) is 10.7. The zero-order chi connectivity index (χ0) is 26.2. The van der Waals surface area contributed by atoms with E-state index in [0.29, 0.717) is 27.4 Å². The van der Waals surface area contributed by atoms with Crippen LogP contribution in [-0.2, 0) is 14.8 Å². The number of aromatic nitrogens is 2. The van der Waals surface area contributed by atoms with Crippen LogP contribution in [-0.4, -0.2) is 61.0 Å². The second-order valence-electron chi connectivity index (χ2n) is 8.42. The first-order chi connectivity index (χ1) is 17.7. The number of hydrogen-bond acceptors (Lipinski definition) is 6. The molecule has 1 amide bonds. The number of primary amides is 1. The smallest absolute Gasteiger partial charge is 0.266 e. The highest BCUT2D eigenvalue weighted by Crippen LogP contribution is 2.32. The topological polar surface area (TPSA) is 128 Å². The van der Waals surface area contributed by atoms with E-state index in [0.717, 1.165) is 0 Å². The van der Waals surface area contributed by atoms with E-state index in [1.165, 1.54) is 16.6 Å².